The number of carbonyl (C=O) groups excluding carboxylic acids is 1. The minimum atomic E-state index is -0.0893. The Bertz CT molecular complexity index is 659. The number of benzene rings is 2. The predicted octanol–water partition coefficient (Wildman–Crippen LogP) is 4.00. The number of hydrogen-bond donors (Lipinski definition) is 1. The van der Waals surface area contributed by atoms with E-state index in [1.54, 1.807) is 19.1 Å². The van der Waals surface area contributed by atoms with Crippen LogP contribution in [0.15, 0.2) is 54.6 Å². The average Bonchev–Trinajstić information content (AvgIpc) is 2.70. The smallest absolute Gasteiger partial charge is 0.318 e. The highest BCUT2D eigenvalue weighted by atomic mass is 16.5. The molecule has 1 atom stereocenters. The molecular weight excluding hydrogens is 328 g/mol. The van der Waals surface area contributed by atoms with Crippen LogP contribution in [0.1, 0.15) is 30.5 Å². The van der Waals surface area contributed by atoms with E-state index in [9.17, 15) is 4.79 Å². The number of nitrogens with zero attached hydrogens (tertiary/aromatic N) is 1. The van der Waals surface area contributed by atoms with Gasteiger partial charge in [0.25, 0.3) is 0 Å². The fourth-order valence-electron chi connectivity index (χ4n) is 2.76. The summed E-state index contributed by atoms with van der Waals surface area (Å²) in [5.41, 5.74) is 2.16. The number of amides is 2. The molecule has 0 heterocycles. The van der Waals surface area contributed by atoms with Gasteiger partial charge in [0.2, 0.25) is 0 Å². The van der Waals surface area contributed by atoms with Crippen molar-refractivity contribution in [3.63, 3.8) is 0 Å². The van der Waals surface area contributed by atoms with Crippen LogP contribution in [0.4, 0.5) is 4.79 Å². The Labute approximate surface area is 155 Å². The Kier molecular flexibility index (Phi) is 7.96. The van der Waals surface area contributed by atoms with E-state index in [2.05, 4.69) is 12.2 Å². The van der Waals surface area contributed by atoms with Crippen LogP contribution >= 0.6 is 0 Å². The fraction of sp³-hybridized carbons (Fsp3) is 0.381. The van der Waals surface area contributed by atoms with Gasteiger partial charge < -0.3 is 19.7 Å². The van der Waals surface area contributed by atoms with Crippen molar-refractivity contribution < 1.29 is 14.3 Å². The SMILES string of the molecule is CCC(NC(=O)N(CCOC)Cc1ccccc1)c1ccc(OC)cc1. The standard InChI is InChI=1S/C21H28N2O3/c1-4-20(18-10-12-19(26-3)13-11-18)22-21(24)23(14-15-25-2)16-17-8-6-5-7-9-17/h5-13,20H,4,14-16H2,1-3H3,(H,22,24). The second-order valence-electron chi connectivity index (χ2n) is 6.08. The summed E-state index contributed by atoms with van der Waals surface area (Å²) in [6.07, 6.45) is 0.807. The summed E-state index contributed by atoms with van der Waals surface area (Å²) in [6, 6.07) is 17.6. The molecule has 140 valence electrons. The van der Waals surface area contributed by atoms with Gasteiger partial charge in [-0.15, -0.1) is 0 Å². The fourth-order valence-corrected chi connectivity index (χ4v) is 2.76. The van der Waals surface area contributed by atoms with Gasteiger partial charge in [0.05, 0.1) is 19.8 Å². The first-order chi connectivity index (χ1) is 12.7. The minimum absolute atomic E-state index is 0.0470. The summed E-state index contributed by atoms with van der Waals surface area (Å²) in [4.78, 5) is 14.6. The number of rotatable bonds is 9. The molecule has 0 spiro atoms. The number of ether oxygens (including phenoxy) is 2. The lowest BCUT2D eigenvalue weighted by Gasteiger charge is -2.26. The summed E-state index contributed by atoms with van der Waals surface area (Å²) in [6.45, 7) is 3.65. The Balaban J connectivity index is 2.07. The van der Waals surface area contributed by atoms with Crippen molar-refractivity contribution in [2.24, 2.45) is 0 Å². The van der Waals surface area contributed by atoms with E-state index >= 15 is 0 Å². The van der Waals surface area contributed by atoms with E-state index in [-0.39, 0.29) is 12.1 Å². The van der Waals surface area contributed by atoms with Crippen LogP contribution in [0.25, 0.3) is 0 Å². The van der Waals surface area contributed by atoms with Crippen molar-refractivity contribution in [2.45, 2.75) is 25.9 Å². The van der Waals surface area contributed by atoms with Gasteiger partial charge in [0, 0.05) is 20.2 Å². The van der Waals surface area contributed by atoms with Crippen LogP contribution in [0, 0.1) is 0 Å². The lowest BCUT2D eigenvalue weighted by Crippen LogP contribution is -2.42. The molecule has 5 nitrogen and oxygen atoms in total. The van der Waals surface area contributed by atoms with Crippen LogP contribution in [0.2, 0.25) is 0 Å². The first kappa shape index (κ1) is 19.8. The van der Waals surface area contributed by atoms with E-state index < -0.39 is 0 Å². The van der Waals surface area contributed by atoms with E-state index in [1.807, 2.05) is 54.6 Å². The molecule has 0 aliphatic rings. The predicted molar refractivity (Wildman–Crippen MR) is 103 cm³/mol. The maximum Gasteiger partial charge on any atom is 0.318 e. The van der Waals surface area contributed by atoms with Gasteiger partial charge in [-0.2, -0.15) is 0 Å². The second kappa shape index (κ2) is 10.5. The first-order valence-corrected chi connectivity index (χ1v) is 8.90. The highest BCUT2D eigenvalue weighted by molar-refractivity contribution is 5.74. The lowest BCUT2D eigenvalue weighted by atomic mass is 10.0. The number of carbonyl (C=O) groups is 1. The number of methoxy groups -OCH3 is 2. The quantitative estimate of drug-likeness (QED) is 0.739. The zero-order valence-corrected chi connectivity index (χ0v) is 15.8. The van der Waals surface area contributed by atoms with Crippen LogP contribution in [0.3, 0.4) is 0 Å². The molecule has 0 radical (unpaired) electrons. The maximum absolute atomic E-state index is 12.9. The van der Waals surface area contributed by atoms with Crippen molar-refractivity contribution in [1.82, 2.24) is 10.2 Å². The van der Waals surface area contributed by atoms with Crippen LogP contribution in [0.5, 0.6) is 5.75 Å². The number of nitrogens with one attached hydrogen (secondary N) is 1. The Morgan fingerprint density at radius 2 is 1.77 bits per heavy atom. The molecule has 0 saturated heterocycles. The molecule has 0 aromatic heterocycles. The molecule has 1 unspecified atom stereocenters. The van der Waals surface area contributed by atoms with E-state index in [4.69, 9.17) is 9.47 Å². The van der Waals surface area contributed by atoms with Crippen molar-refractivity contribution >= 4 is 6.03 Å². The third-order valence-electron chi connectivity index (χ3n) is 4.29. The molecule has 0 saturated carbocycles. The zero-order chi connectivity index (χ0) is 18.8. The topological polar surface area (TPSA) is 50.8 Å². The van der Waals surface area contributed by atoms with Gasteiger partial charge in [-0.05, 0) is 29.7 Å². The molecule has 0 aliphatic carbocycles. The molecule has 26 heavy (non-hydrogen) atoms. The highest BCUT2D eigenvalue weighted by Gasteiger charge is 2.18. The molecule has 0 aliphatic heterocycles. The molecule has 2 aromatic carbocycles. The van der Waals surface area contributed by atoms with Crippen LogP contribution in [-0.2, 0) is 11.3 Å². The average molecular weight is 356 g/mol. The Morgan fingerprint density at radius 1 is 1.08 bits per heavy atom. The van der Waals surface area contributed by atoms with Crippen LogP contribution < -0.4 is 10.1 Å². The molecular formula is C21H28N2O3. The third-order valence-corrected chi connectivity index (χ3v) is 4.29. The molecule has 2 amide bonds. The van der Waals surface area contributed by atoms with Gasteiger partial charge in [0.15, 0.2) is 0 Å². The van der Waals surface area contributed by atoms with Crippen LogP contribution in [-0.4, -0.2) is 38.3 Å². The van der Waals surface area contributed by atoms with Gasteiger partial charge >= 0.3 is 6.03 Å². The largest absolute Gasteiger partial charge is 0.497 e. The summed E-state index contributed by atoms with van der Waals surface area (Å²) >= 11 is 0. The number of urea groups is 1. The summed E-state index contributed by atoms with van der Waals surface area (Å²) in [5, 5.41) is 3.14. The normalized spacial score (nSPS) is 11.7. The Morgan fingerprint density at radius 3 is 2.35 bits per heavy atom. The maximum atomic E-state index is 12.9. The molecule has 0 bridgehead atoms. The van der Waals surface area contributed by atoms with Gasteiger partial charge in [-0.1, -0.05) is 49.4 Å². The third kappa shape index (κ3) is 5.77. The van der Waals surface area contributed by atoms with E-state index in [0.717, 1.165) is 23.3 Å². The Hall–Kier alpha value is -2.53. The van der Waals surface area contributed by atoms with E-state index in [1.165, 1.54) is 0 Å². The molecule has 5 heteroatoms. The summed E-state index contributed by atoms with van der Waals surface area (Å²) < 4.78 is 10.4. The molecule has 0 fully saturated rings. The second-order valence-corrected chi connectivity index (χ2v) is 6.08. The monoisotopic (exact) mass is 356 g/mol. The van der Waals surface area contributed by atoms with Crippen molar-refractivity contribution in [2.75, 3.05) is 27.4 Å². The van der Waals surface area contributed by atoms with Gasteiger partial charge in [0.1, 0.15) is 5.75 Å². The van der Waals surface area contributed by atoms with Crippen molar-refractivity contribution in [1.29, 1.82) is 0 Å². The van der Waals surface area contributed by atoms with Gasteiger partial charge in [-0.3, -0.25) is 0 Å². The van der Waals surface area contributed by atoms with Crippen molar-refractivity contribution in [3.05, 3.63) is 65.7 Å². The highest BCUT2D eigenvalue weighted by Crippen LogP contribution is 2.20. The minimum Gasteiger partial charge on any atom is -0.497 e. The molecule has 2 rings (SSSR count). The van der Waals surface area contributed by atoms with Crippen molar-refractivity contribution in [3.8, 4) is 5.75 Å². The summed E-state index contributed by atoms with van der Waals surface area (Å²) in [7, 11) is 3.29. The molecule has 1 N–H and O–H groups in total. The zero-order valence-electron chi connectivity index (χ0n) is 15.8. The number of hydrogen-bond acceptors (Lipinski definition) is 3. The first-order valence-electron chi connectivity index (χ1n) is 8.90. The van der Waals surface area contributed by atoms with Gasteiger partial charge in [-0.25, -0.2) is 4.79 Å². The molecule has 2 aromatic rings. The lowest BCUT2D eigenvalue weighted by molar-refractivity contribution is 0.144. The summed E-state index contributed by atoms with van der Waals surface area (Å²) in [5.74, 6) is 0.806. The van der Waals surface area contributed by atoms with E-state index in [0.29, 0.717) is 19.7 Å².